The minimum atomic E-state index is -0.921. The van der Waals surface area contributed by atoms with Gasteiger partial charge in [-0.2, -0.15) is 0 Å². The number of esters is 2. The summed E-state index contributed by atoms with van der Waals surface area (Å²) in [6, 6.07) is 15.3. The number of benzene rings is 3. The van der Waals surface area contributed by atoms with Gasteiger partial charge >= 0.3 is 11.9 Å². The average Bonchev–Trinajstić information content (AvgIpc) is 3.43. The summed E-state index contributed by atoms with van der Waals surface area (Å²) in [4.78, 5) is 55.0. The molecule has 0 saturated carbocycles. The Hall–Kier alpha value is -5.96. The highest BCUT2D eigenvalue weighted by molar-refractivity contribution is 7.07. The van der Waals surface area contributed by atoms with Crippen molar-refractivity contribution < 1.29 is 42.9 Å². The molecule has 2 heterocycles. The van der Waals surface area contributed by atoms with Gasteiger partial charge in [0.2, 0.25) is 0 Å². The van der Waals surface area contributed by atoms with Gasteiger partial charge < -0.3 is 28.4 Å². The number of nitro benzene ring substituents is 1. The number of aromatic nitrogens is 1. The first kappa shape index (κ1) is 36.3. The Balaban J connectivity index is 1.54. The van der Waals surface area contributed by atoms with E-state index in [9.17, 15) is 24.5 Å². The fraction of sp³-hybridized carbons (Fsp3) is 0.278. The molecule has 0 spiro atoms. The van der Waals surface area contributed by atoms with Crippen LogP contribution in [0.5, 0.6) is 23.0 Å². The molecular formula is C36H35N3O11S. The lowest BCUT2D eigenvalue weighted by atomic mass is 9.95. The summed E-state index contributed by atoms with van der Waals surface area (Å²) in [5.41, 5.74) is 1.91. The quantitative estimate of drug-likeness (QED) is 0.104. The smallest absolute Gasteiger partial charge is 0.343 e. The van der Waals surface area contributed by atoms with E-state index in [-0.39, 0.29) is 43.4 Å². The molecule has 3 aromatic carbocycles. The van der Waals surface area contributed by atoms with Crippen LogP contribution >= 0.6 is 11.3 Å². The van der Waals surface area contributed by atoms with Crippen molar-refractivity contribution in [1.29, 1.82) is 0 Å². The summed E-state index contributed by atoms with van der Waals surface area (Å²) in [5, 5.41) is 11.1. The van der Waals surface area contributed by atoms with Crippen molar-refractivity contribution in [3.8, 4) is 23.0 Å². The maximum Gasteiger partial charge on any atom is 0.343 e. The first-order valence-corrected chi connectivity index (χ1v) is 16.6. The van der Waals surface area contributed by atoms with E-state index in [0.717, 1.165) is 11.3 Å². The lowest BCUT2D eigenvalue weighted by Gasteiger charge is -2.25. The van der Waals surface area contributed by atoms with Crippen LogP contribution in [-0.2, 0) is 25.7 Å². The Morgan fingerprint density at radius 2 is 1.73 bits per heavy atom. The van der Waals surface area contributed by atoms with Crippen molar-refractivity contribution in [2.24, 2.45) is 4.99 Å². The predicted octanol–water partition coefficient (Wildman–Crippen LogP) is 4.24. The van der Waals surface area contributed by atoms with Gasteiger partial charge in [0, 0.05) is 12.1 Å². The highest BCUT2D eigenvalue weighted by Crippen LogP contribution is 2.36. The molecule has 1 aromatic heterocycles. The Morgan fingerprint density at radius 1 is 0.961 bits per heavy atom. The normalized spacial score (nSPS) is 13.9. The lowest BCUT2D eigenvalue weighted by molar-refractivity contribution is -0.384. The van der Waals surface area contributed by atoms with Crippen molar-refractivity contribution in [2.75, 3.05) is 34.0 Å². The number of thiazole rings is 1. The fourth-order valence-electron chi connectivity index (χ4n) is 5.35. The minimum Gasteiger partial charge on any atom is -0.493 e. The number of fused-ring (bicyclic) bond motifs is 1. The van der Waals surface area contributed by atoms with Crippen LogP contribution in [0.2, 0.25) is 0 Å². The highest BCUT2D eigenvalue weighted by atomic mass is 32.1. The fourth-order valence-corrected chi connectivity index (χ4v) is 6.40. The highest BCUT2D eigenvalue weighted by Gasteiger charge is 2.34. The second-order valence-corrected chi connectivity index (χ2v) is 11.9. The van der Waals surface area contributed by atoms with Gasteiger partial charge in [-0.3, -0.25) is 19.5 Å². The first-order chi connectivity index (χ1) is 24.6. The van der Waals surface area contributed by atoms with Crippen LogP contribution in [0.1, 0.15) is 43.5 Å². The Kier molecular flexibility index (Phi) is 11.5. The number of nitrogens with zero attached hydrogens (tertiary/aromatic N) is 3. The number of ether oxygens (including phenoxy) is 6. The van der Waals surface area contributed by atoms with E-state index in [1.54, 1.807) is 75.4 Å². The zero-order valence-electron chi connectivity index (χ0n) is 28.5. The zero-order valence-corrected chi connectivity index (χ0v) is 29.3. The second kappa shape index (κ2) is 16.2. The molecule has 0 N–H and O–H groups in total. The summed E-state index contributed by atoms with van der Waals surface area (Å²) in [7, 11) is 2.74. The number of carbonyl (C=O) groups is 2. The van der Waals surface area contributed by atoms with E-state index < -0.39 is 28.5 Å². The van der Waals surface area contributed by atoms with Crippen LogP contribution in [0.15, 0.2) is 81.7 Å². The van der Waals surface area contributed by atoms with Gasteiger partial charge in [-0.25, -0.2) is 14.6 Å². The van der Waals surface area contributed by atoms with E-state index in [2.05, 4.69) is 9.73 Å². The van der Waals surface area contributed by atoms with Crippen molar-refractivity contribution in [3.63, 3.8) is 0 Å². The number of nitro groups is 1. The van der Waals surface area contributed by atoms with E-state index in [4.69, 9.17) is 23.7 Å². The summed E-state index contributed by atoms with van der Waals surface area (Å²) in [6.07, 6.45) is 1.69. The number of methoxy groups -OCH3 is 2. The third-order valence-corrected chi connectivity index (χ3v) is 8.66. The van der Waals surface area contributed by atoms with Crippen LogP contribution < -0.4 is 33.8 Å². The SMILES string of the molecule is CCOC(=O)C1=C(C)N=c2s/c(=C\c3ccc(OCc4cccc([N+](=O)[O-])c4)c(OC)c3)c(=O)n2[C@H]1c1ccc(OCC(=O)OC)c(OCC)c1. The van der Waals surface area contributed by atoms with E-state index in [1.165, 1.54) is 30.9 Å². The summed E-state index contributed by atoms with van der Waals surface area (Å²) >= 11 is 1.15. The van der Waals surface area contributed by atoms with Crippen molar-refractivity contribution in [1.82, 2.24) is 4.57 Å². The van der Waals surface area contributed by atoms with Gasteiger partial charge in [-0.15, -0.1) is 0 Å². The molecule has 0 amide bonds. The Bertz CT molecular complexity index is 2190. The van der Waals surface area contributed by atoms with Crippen LogP contribution in [0, 0.1) is 10.1 Å². The molecular weight excluding hydrogens is 682 g/mol. The van der Waals surface area contributed by atoms with Gasteiger partial charge in [0.05, 0.1) is 54.2 Å². The Labute approximate surface area is 295 Å². The molecule has 1 aliphatic heterocycles. The molecule has 4 aromatic rings. The molecule has 14 nitrogen and oxygen atoms in total. The van der Waals surface area contributed by atoms with E-state index in [1.807, 2.05) is 0 Å². The Morgan fingerprint density at radius 3 is 2.43 bits per heavy atom. The van der Waals surface area contributed by atoms with Crippen LogP contribution in [0.25, 0.3) is 6.08 Å². The number of carbonyl (C=O) groups excluding carboxylic acids is 2. The average molecular weight is 718 g/mol. The molecule has 0 saturated heterocycles. The topological polar surface area (TPSA) is 167 Å². The first-order valence-electron chi connectivity index (χ1n) is 15.8. The van der Waals surface area contributed by atoms with Crippen LogP contribution in [0.3, 0.4) is 0 Å². The molecule has 15 heteroatoms. The van der Waals surface area contributed by atoms with Gasteiger partial charge in [-0.1, -0.05) is 35.6 Å². The van der Waals surface area contributed by atoms with E-state index in [0.29, 0.717) is 49.0 Å². The summed E-state index contributed by atoms with van der Waals surface area (Å²) < 4.78 is 34.8. The molecule has 0 aliphatic carbocycles. The molecule has 1 atom stereocenters. The van der Waals surface area contributed by atoms with Gasteiger partial charge in [0.25, 0.3) is 11.2 Å². The maximum absolute atomic E-state index is 14.2. The predicted molar refractivity (Wildman–Crippen MR) is 186 cm³/mol. The molecule has 5 rings (SSSR count). The molecule has 0 unspecified atom stereocenters. The standard InChI is InChI=1S/C36H35N3O11S/c1-6-47-29-18-24(12-14-27(29)50-20-31(40)46-5)33-32(35(42)48-7-2)21(3)37-36-38(33)34(41)30(51-36)17-22-11-13-26(28(16-22)45-4)49-19-23-9-8-10-25(15-23)39(43)44/h8-18,33H,6-7,19-20H2,1-5H3/b30-17-/t33-/m0/s1. The van der Waals surface area contributed by atoms with Gasteiger partial charge in [0.15, 0.2) is 34.4 Å². The van der Waals surface area contributed by atoms with Crippen molar-refractivity contribution in [2.45, 2.75) is 33.4 Å². The zero-order chi connectivity index (χ0) is 36.7. The molecule has 0 bridgehead atoms. The summed E-state index contributed by atoms with van der Waals surface area (Å²) in [5.74, 6) is 0.186. The summed E-state index contributed by atoms with van der Waals surface area (Å²) in [6.45, 7) is 5.29. The molecule has 1 aliphatic rings. The molecule has 51 heavy (non-hydrogen) atoms. The van der Waals surface area contributed by atoms with E-state index >= 15 is 0 Å². The van der Waals surface area contributed by atoms with Crippen LogP contribution in [0.4, 0.5) is 5.69 Å². The maximum atomic E-state index is 14.2. The minimum absolute atomic E-state index is 0.0388. The van der Waals surface area contributed by atoms with Crippen molar-refractivity contribution in [3.05, 3.63) is 118 Å². The van der Waals surface area contributed by atoms with Crippen LogP contribution in [-0.4, -0.2) is 55.5 Å². The number of allylic oxidation sites excluding steroid dienone is 1. The van der Waals surface area contributed by atoms with Gasteiger partial charge in [0.1, 0.15) is 6.61 Å². The number of hydrogen-bond donors (Lipinski definition) is 0. The third-order valence-electron chi connectivity index (χ3n) is 7.67. The van der Waals surface area contributed by atoms with Crippen molar-refractivity contribution >= 4 is 35.0 Å². The monoisotopic (exact) mass is 717 g/mol. The number of non-ortho nitro benzene ring substituents is 1. The lowest BCUT2D eigenvalue weighted by Crippen LogP contribution is -2.40. The molecule has 266 valence electrons. The third kappa shape index (κ3) is 8.10. The number of hydrogen-bond acceptors (Lipinski definition) is 13. The second-order valence-electron chi connectivity index (χ2n) is 10.9. The number of rotatable bonds is 14. The largest absolute Gasteiger partial charge is 0.493 e. The molecule has 0 fully saturated rings. The van der Waals surface area contributed by atoms with Gasteiger partial charge in [-0.05, 0) is 67.8 Å². The molecule has 0 radical (unpaired) electrons.